The first-order valence-corrected chi connectivity index (χ1v) is 10.4. The smallest absolute Gasteiger partial charge is 0.238 e. The Morgan fingerprint density at radius 1 is 1.00 bits per heavy atom. The quantitative estimate of drug-likeness (QED) is 0.824. The van der Waals surface area contributed by atoms with Crippen molar-refractivity contribution in [1.82, 2.24) is 9.80 Å². The topological polar surface area (TPSA) is 52.7 Å². The first kappa shape index (κ1) is 19.6. The van der Waals surface area contributed by atoms with Crippen LogP contribution in [0.2, 0.25) is 0 Å². The van der Waals surface area contributed by atoms with Crippen LogP contribution in [-0.2, 0) is 16.0 Å². The lowest BCUT2D eigenvalue weighted by atomic mass is 9.76. The Morgan fingerprint density at radius 2 is 1.69 bits per heavy atom. The number of nitrogens with zero attached hydrogens (tertiary/aromatic N) is 2. The van der Waals surface area contributed by atoms with Crippen LogP contribution in [0.25, 0.3) is 0 Å². The standard InChI is InChI=1S/C24H29N3O2/c1-19(28)27-15-21-14-26(16-23(29)25-22-10-6-3-7-11-22)17-24(21,18-27)13-12-20-8-4-2-5-9-20/h2-11,21H,12-18H2,1H3,(H,25,29). The van der Waals surface area contributed by atoms with Crippen molar-refractivity contribution in [1.29, 1.82) is 0 Å². The molecule has 0 spiro atoms. The summed E-state index contributed by atoms with van der Waals surface area (Å²) in [5.74, 6) is 0.615. The second-order valence-electron chi connectivity index (χ2n) is 8.53. The number of carbonyl (C=O) groups is 2. The molecule has 2 heterocycles. The summed E-state index contributed by atoms with van der Waals surface area (Å²) in [4.78, 5) is 28.8. The molecule has 2 fully saturated rings. The Balaban J connectivity index is 1.41. The zero-order valence-corrected chi connectivity index (χ0v) is 17.0. The number of benzene rings is 2. The number of hydrogen-bond donors (Lipinski definition) is 1. The molecule has 0 radical (unpaired) electrons. The van der Waals surface area contributed by atoms with Gasteiger partial charge in [-0.3, -0.25) is 14.5 Å². The number of amides is 2. The predicted molar refractivity (Wildman–Crippen MR) is 114 cm³/mol. The van der Waals surface area contributed by atoms with Crippen LogP contribution in [0.3, 0.4) is 0 Å². The summed E-state index contributed by atoms with van der Waals surface area (Å²) in [6.07, 6.45) is 2.05. The normalized spacial score (nSPS) is 23.8. The first-order chi connectivity index (χ1) is 14.0. The molecule has 0 aromatic heterocycles. The lowest BCUT2D eigenvalue weighted by Crippen LogP contribution is -2.38. The Morgan fingerprint density at radius 3 is 2.38 bits per heavy atom. The van der Waals surface area contributed by atoms with Crippen molar-refractivity contribution in [2.45, 2.75) is 19.8 Å². The number of carbonyl (C=O) groups excluding carboxylic acids is 2. The number of aryl methyl sites for hydroxylation is 1. The van der Waals surface area contributed by atoms with E-state index in [-0.39, 0.29) is 17.2 Å². The van der Waals surface area contributed by atoms with Gasteiger partial charge in [0.05, 0.1) is 6.54 Å². The molecule has 5 nitrogen and oxygen atoms in total. The maximum Gasteiger partial charge on any atom is 0.238 e. The molecule has 2 amide bonds. The number of para-hydroxylation sites is 1. The van der Waals surface area contributed by atoms with Crippen molar-refractivity contribution in [3.8, 4) is 0 Å². The maximum absolute atomic E-state index is 12.5. The van der Waals surface area contributed by atoms with Gasteiger partial charge in [-0.2, -0.15) is 0 Å². The van der Waals surface area contributed by atoms with Crippen LogP contribution in [0.4, 0.5) is 5.69 Å². The van der Waals surface area contributed by atoms with E-state index in [1.54, 1.807) is 6.92 Å². The number of fused-ring (bicyclic) bond motifs is 1. The fourth-order valence-corrected chi connectivity index (χ4v) is 4.97. The van der Waals surface area contributed by atoms with Gasteiger partial charge in [-0.1, -0.05) is 48.5 Å². The number of likely N-dealkylation sites (tertiary alicyclic amines) is 2. The fraction of sp³-hybridized carbons (Fsp3) is 0.417. The van der Waals surface area contributed by atoms with Gasteiger partial charge in [-0.05, 0) is 36.5 Å². The van der Waals surface area contributed by atoms with Crippen molar-refractivity contribution in [3.05, 3.63) is 66.2 Å². The average Bonchev–Trinajstić information content (AvgIpc) is 3.22. The van der Waals surface area contributed by atoms with Crippen LogP contribution >= 0.6 is 0 Å². The molecule has 4 rings (SSSR count). The fourth-order valence-electron chi connectivity index (χ4n) is 4.97. The highest BCUT2D eigenvalue weighted by Gasteiger charge is 2.52. The van der Waals surface area contributed by atoms with Crippen molar-refractivity contribution >= 4 is 17.5 Å². The van der Waals surface area contributed by atoms with E-state index in [4.69, 9.17) is 0 Å². The first-order valence-electron chi connectivity index (χ1n) is 10.4. The van der Waals surface area contributed by atoms with Crippen molar-refractivity contribution < 1.29 is 9.59 Å². The van der Waals surface area contributed by atoms with E-state index in [1.165, 1.54) is 5.56 Å². The van der Waals surface area contributed by atoms with E-state index >= 15 is 0 Å². The van der Waals surface area contributed by atoms with Crippen molar-refractivity contribution in [3.63, 3.8) is 0 Å². The molecule has 0 bridgehead atoms. The second kappa shape index (κ2) is 8.37. The van der Waals surface area contributed by atoms with E-state index in [2.05, 4.69) is 34.5 Å². The minimum absolute atomic E-state index is 0.0257. The maximum atomic E-state index is 12.5. The Bertz CT molecular complexity index is 855. The lowest BCUT2D eigenvalue weighted by Gasteiger charge is -2.29. The average molecular weight is 392 g/mol. The third kappa shape index (κ3) is 4.51. The van der Waals surface area contributed by atoms with Gasteiger partial charge in [0, 0.05) is 44.2 Å². The Kier molecular flexibility index (Phi) is 5.67. The molecule has 2 saturated heterocycles. The molecule has 5 heteroatoms. The molecule has 2 aliphatic heterocycles. The van der Waals surface area contributed by atoms with Gasteiger partial charge >= 0.3 is 0 Å². The summed E-state index contributed by atoms with van der Waals surface area (Å²) in [5.41, 5.74) is 2.25. The lowest BCUT2D eigenvalue weighted by molar-refractivity contribution is -0.128. The molecule has 2 unspecified atom stereocenters. The third-order valence-corrected chi connectivity index (χ3v) is 6.45. The largest absolute Gasteiger partial charge is 0.342 e. The number of anilines is 1. The van der Waals surface area contributed by atoms with Crippen molar-refractivity contribution in [2.75, 3.05) is 38.0 Å². The zero-order chi connectivity index (χ0) is 20.3. The molecule has 2 aliphatic rings. The molecular formula is C24H29N3O2. The molecular weight excluding hydrogens is 362 g/mol. The number of rotatable bonds is 6. The minimum Gasteiger partial charge on any atom is -0.342 e. The van der Waals surface area contributed by atoms with E-state index in [9.17, 15) is 9.59 Å². The van der Waals surface area contributed by atoms with Crippen LogP contribution in [-0.4, -0.2) is 54.3 Å². The van der Waals surface area contributed by atoms with Gasteiger partial charge < -0.3 is 10.2 Å². The van der Waals surface area contributed by atoms with Crippen molar-refractivity contribution in [2.24, 2.45) is 11.3 Å². The second-order valence-corrected chi connectivity index (χ2v) is 8.53. The van der Waals surface area contributed by atoms with E-state index in [1.807, 2.05) is 41.3 Å². The highest BCUT2D eigenvalue weighted by atomic mass is 16.2. The Labute approximate surface area is 172 Å². The molecule has 152 valence electrons. The van der Waals surface area contributed by atoms with E-state index in [0.717, 1.165) is 44.7 Å². The molecule has 0 aliphatic carbocycles. The summed E-state index contributed by atoms with van der Waals surface area (Å²) in [7, 11) is 0. The summed E-state index contributed by atoms with van der Waals surface area (Å²) in [6, 6.07) is 20.1. The van der Waals surface area contributed by atoms with E-state index < -0.39 is 0 Å². The van der Waals surface area contributed by atoms with Gasteiger partial charge in [-0.15, -0.1) is 0 Å². The van der Waals surface area contributed by atoms with Gasteiger partial charge in [-0.25, -0.2) is 0 Å². The van der Waals surface area contributed by atoms with Gasteiger partial charge in [0.1, 0.15) is 0 Å². The summed E-state index contributed by atoms with van der Waals surface area (Å²) < 4.78 is 0. The highest BCUT2D eigenvalue weighted by molar-refractivity contribution is 5.92. The van der Waals surface area contributed by atoms with Crippen LogP contribution in [0.5, 0.6) is 0 Å². The highest BCUT2D eigenvalue weighted by Crippen LogP contribution is 2.45. The molecule has 2 atom stereocenters. The summed E-state index contributed by atoms with van der Waals surface area (Å²) in [5, 5.41) is 2.99. The van der Waals surface area contributed by atoms with Gasteiger partial charge in [0.2, 0.25) is 11.8 Å². The summed E-state index contributed by atoms with van der Waals surface area (Å²) in [6.45, 7) is 5.42. The van der Waals surface area contributed by atoms with Crippen LogP contribution < -0.4 is 5.32 Å². The number of nitrogens with one attached hydrogen (secondary N) is 1. The summed E-state index contributed by atoms with van der Waals surface area (Å²) >= 11 is 0. The molecule has 1 N–H and O–H groups in total. The molecule has 29 heavy (non-hydrogen) atoms. The van der Waals surface area contributed by atoms with Gasteiger partial charge in [0.25, 0.3) is 0 Å². The minimum atomic E-state index is 0.0257. The van der Waals surface area contributed by atoms with Gasteiger partial charge in [0.15, 0.2) is 0 Å². The molecule has 2 aromatic carbocycles. The third-order valence-electron chi connectivity index (χ3n) is 6.45. The molecule has 0 saturated carbocycles. The SMILES string of the molecule is CC(=O)N1CC2CN(CC(=O)Nc3ccccc3)CC2(CCc2ccccc2)C1. The molecule has 2 aromatic rings. The van der Waals surface area contributed by atoms with Crippen LogP contribution in [0.15, 0.2) is 60.7 Å². The monoisotopic (exact) mass is 391 g/mol. The van der Waals surface area contributed by atoms with Crippen LogP contribution in [0, 0.1) is 11.3 Å². The number of hydrogen-bond acceptors (Lipinski definition) is 3. The zero-order valence-electron chi connectivity index (χ0n) is 17.0. The van der Waals surface area contributed by atoms with Crippen LogP contribution in [0.1, 0.15) is 18.9 Å². The van der Waals surface area contributed by atoms with E-state index in [0.29, 0.717) is 12.5 Å². The Hall–Kier alpha value is -2.66. The predicted octanol–water partition coefficient (Wildman–Crippen LogP) is 3.04.